The molecule has 2 unspecified atom stereocenters. The molecule has 0 aromatic heterocycles. The first-order valence-electron chi connectivity index (χ1n) is 7.58. The summed E-state index contributed by atoms with van der Waals surface area (Å²) in [5.74, 6) is -1.60. The number of hydrogen-bond acceptors (Lipinski definition) is 7. The summed E-state index contributed by atoms with van der Waals surface area (Å²) in [6.07, 6.45) is -2.25. The Morgan fingerprint density at radius 1 is 0.840 bits per heavy atom. The van der Waals surface area contributed by atoms with E-state index in [9.17, 15) is 24.6 Å². The highest BCUT2D eigenvalue weighted by Gasteiger charge is 2.16. The molecule has 0 spiro atoms. The highest BCUT2D eigenvalue weighted by molar-refractivity contribution is 6.04. The Kier molecular flexibility index (Phi) is 8.16. The van der Waals surface area contributed by atoms with Crippen molar-refractivity contribution in [3.8, 4) is 0 Å². The maximum atomic E-state index is 12.1. The minimum atomic E-state index is -1.12. The van der Waals surface area contributed by atoms with Crippen LogP contribution in [0.2, 0.25) is 0 Å². The Morgan fingerprint density at radius 3 is 1.52 bits per heavy atom. The number of carbonyl (C=O) groups is 3. The van der Waals surface area contributed by atoms with E-state index in [4.69, 9.17) is 10.2 Å². The van der Waals surface area contributed by atoms with Gasteiger partial charge in [-0.15, -0.1) is 0 Å². The number of ketones is 1. The van der Waals surface area contributed by atoms with Crippen LogP contribution in [0.1, 0.15) is 38.0 Å². The molecule has 0 heterocycles. The summed E-state index contributed by atoms with van der Waals surface area (Å²) in [5.41, 5.74) is 0.208. The van der Waals surface area contributed by atoms with Crippen molar-refractivity contribution >= 4 is 17.6 Å². The zero-order valence-corrected chi connectivity index (χ0v) is 13.7. The topological polar surface area (TPSA) is 156 Å². The molecule has 0 aliphatic heterocycles. The van der Waals surface area contributed by atoms with Crippen LogP contribution in [-0.4, -0.2) is 76.5 Å². The van der Waals surface area contributed by atoms with Crippen LogP contribution in [0.4, 0.5) is 0 Å². The number of aliphatic hydroxyl groups is 4. The standard InChI is InChI=1S/C16H22N2O7/c1-9(21)10-2-11(15(24)17-5-13(22)7-19)4-12(3-10)16(25)18-6-14(23)8-20/h2-4,13-14,19-20,22-23H,5-8H2,1H3,(H,17,24)(H,18,25). The minimum absolute atomic E-state index is 0.0331. The monoisotopic (exact) mass is 354 g/mol. The van der Waals surface area contributed by atoms with Crippen LogP contribution in [-0.2, 0) is 0 Å². The second kappa shape index (κ2) is 9.84. The number of carbonyl (C=O) groups excluding carboxylic acids is 3. The number of aliphatic hydroxyl groups excluding tert-OH is 4. The molecular weight excluding hydrogens is 332 g/mol. The van der Waals surface area contributed by atoms with Crippen LogP contribution in [0.25, 0.3) is 0 Å². The molecule has 0 saturated heterocycles. The third-order valence-electron chi connectivity index (χ3n) is 3.28. The van der Waals surface area contributed by atoms with Gasteiger partial charge in [0, 0.05) is 29.8 Å². The van der Waals surface area contributed by atoms with E-state index >= 15 is 0 Å². The van der Waals surface area contributed by atoms with Crippen molar-refractivity contribution in [2.45, 2.75) is 19.1 Å². The van der Waals surface area contributed by atoms with Gasteiger partial charge >= 0.3 is 0 Å². The lowest BCUT2D eigenvalue weighted by Gasteiger charge is -2.12. The van der Waals surface area contributed by atoms with Gasteiger partial charge in [0.05, 0.1) is 25.4 Å². The van der Waals surface area contributed by atoms with Gasteiger partial charge in [-0.25, -0.2) is 0 Å². The number of nitrogens with one attached hydrogen (secondary N) is 2. The molecule has 9 heteroatoms. The fourth-order valence-electron chi connectivity index (χ4n) is 1.85. The van der Waals surface area contributed by atoms with Gasteiger partial charge in [0.2, 0.25) is 0 Å². The number of amides is 2. The van der Waals surface area contributed by atoms with E-state index in [1.54, 1.807) is 0 Å². The predicted molar refractivity (Wildman–Crippen MR) is 87.3 cm³/mol. The van der Waals surface area contributed by atoms with Crippen LogP contribution in [0.15, 0.2) is 18.2 Å². The third kappa shape index (κ3) is 6.59. The third-order valence-corrected chi connectivity index (χ3v) is 3.28. The van der Waals surface area contributed by atoms with Crippen molar-refractivity contribution < 1.29 is 34.8 Å². The molecule has 0 saturated carbocycles. The van der Waals surface area contributed by atoms with E-state index in [1.165, 1.54) is 25.1 Å². The number of rotatable bonds is 9. The Balaban J connectivity index is 2.98. The largest absolute Gasteiger partial charge is 0.394 e. The fourth-order valence-corrected chi connectivity index (χ4v) is 1.85. The summed E-state index contributed by atoms with van der Waals surface area (Å²) in [4.78, 5) is 35.8. The SMILES string of the molecule is CC(=O)c1cc(C(=O)NCC(O)CO)cc(C(=O)NCC(O)CO)c1. The van der Waals surface area contributed by atoms with Crippen molar-refractivity contribution in [2.24, 2.45) is 0 Å². The molecule has 1 aromatic carbocycles. The van der Waals surface area contributed by atoms with Gasteiger partial charge in [0.25, 0.3) is 11.8 Å². The normalized spacial score (nSPS) is 13.0. The van der Waals surface area contributed by atoms with Gasteiger partial charge in [0.1, 0.15) is 0 Å². The van der Waals surface area contributed by atoms with Crippen LogP contribution in [0, 0.1) is 0 Å². The smallest absolute Gasteiger partial charge is 0.251 e. The number of Topliss-reactive ketones (excluding diaryl/α,β-unsaturated/α-hetero) is 1. The van der Waals surface area contributed by atoms with Crippen molar-refractivity contribution in [3.63, 3.8) is 0 Å². The highest BCUT2D eigenvalue weighted by Crippen LogP contribution is 2.12. The van der Waals surface area contributed by atoms with Gasteiger partial charge in [-0.05, 0) is 25.1 Å². The molecule has 9 nitrogen and oxygen atoms in total. The number of benzene rings is 1. The molecule has 1 rings (SSSR count). The molecule has 1 aromatic rings. The summed E-state index contributed by atoms with van der Waals surface area (Å²) in [7, 11) is 0. The molecule has 2 atom stereocenters. The molecule has 6 N–H and O–H groups in total. The van der Waals surface area contributed by atoms with E-state index < -0.39 is 37.2 Å². The van der Waals surface area contributed by atoms with Crippen LogP contribution < -0.4 is 10.6 Å². The lowest BCUT2D eigenvalue weighted by Crippen LogP contribution is -2.35. The van der Waals surface area contributed by atoms with E-state index in [2.05, 4.69) is 10.6 Å². The molecule has 25 heavy (non-hydrogen) atoms. The zero-order valence-electron chi connectivity index (χ0n) is 13.7. The number of hydrogen-bond donors (Lipinski definition) is 6. The Morgan fingerprint density at radius 2 is 1.20 bits per heavy atom. The van der Waals surface area contributed by atoms with Crippen LogP contribution in [0.3, 0.4) is 0 Å². The van der Waals surface area contributed by atoms with Gasteiger partial charge in [-0.2, -0.15) is 0 Å². The van der Waals surface area contributed by atoms with E-state index in [-0.39, 0.29) is 35.6 Å². The van der Waals surface area contributed by atoms with Gasteiger partial charge in [0.15, 0.2) is 5.78 Å². The molecule has 2 amide bonds. The van der Waals surface area contributed by atoms with Crippen LogP contribution >= 0.6 is 0 Å². The molecule has 0 bridgehead atoms. The van der Waals surface area contributed by atoms with Crippen molar-refractivity contribution in [3.05, 3.63) is 34.9 Å². The average molecular weight is 354 g/mol. The van der Waals surface area contributed by atoms with E-state index in [0.29, 0.717) is 0 Å². The maximum Gasteiger partial charge on any atom is 0.251 e. The van der Waals surface area contributed by atoms with E-state index in [1.807, 2.05) is 0 Å². The predicted octanol–water partition coefficient (Wildman–Crippen LogP) is -1.94. The molecule has 0 fully saturated rings. The first kappa shape index (κ1) is 20.7. The molecule has 0 aliphatic rings. The minimum Gasteiger partial charge on any atom is -0.394 e. The highest BCUT2D eigenvalue weighted by atomic mass is 16.3. The summed E-state index contributed by atoms with van der Waals surface area (Å²) >= 11 is 0. The Hall–Kier alpha value is -2.33. The quantitative estimate of drug-likeness (QED) is 0.282. The Bertz CT molecular complexity index is 589. The second-order valence-corrected chi connectivity index (χ2v) is 5.45. The first-order chi connectivity index (χ1) is 11.8. The summed E-state index contributed by atoms with van der Waals surface area (Å²) < 4.78 is 0. The zero-order chi connectivity index (χ0) is 19.0. The maximum absolute atomic E-state index is 12.1. The van der Waals surface area contributed by atoms with Crippen molar-refractivity contribution in [1.82, 2.24) is 10.6 Å². The Labute approximate surface area is 144 Å². The summed E-state index contributed by atoms with van der Waals surface area (Å²) in [6, 6.07) is 3.87. The molecule has 0 aliphatic carbocycles. The lowest BCUT2D eigenvalue weighted by molar-refractivity contribution is 0.0800. The van der Waals surface area contributed by atoms with Gasteiger partial charge in [-0.3, -0.25) is 14.4 Å². The summed E-state index contributed by atoms with van der Waals surface area (Å²) in [6.45, 7) is -0.138. The molecule has 0 radical (unpaired) electrons. The summed E-state index contributed by atoms with van der Waals surface area (Å²) in [5, 5.41) is 40.7. The molecular formula is C16H22N2O7. The van der Waals surface area contributed by atoms with Gasteiger partial charge < -0.3 is 31.1 Å². The van der Waals surface area contributed by atoms with Crippen LogP contribution in [0.5, 0.6) is 0 Å². The van der Waals surface area contributed by atoms with Gasteiger partial charge in [-0.1, -0.05) is 0 Å². The van der Waals surface area contributed by atoms with Crippen molar-refractivity contribution in [2.75, 3.05) is 26.3 Å². The van der Waals surface area contributed by atoms with Crippen molar-refractivity contribution in [1.29, 1.82) is 0 Å². The molecule has 138 valence electrons. The first-order valence-corrected chi connectivity index (χ1v) is 7.58. The van der Waals surface area contributed by atoms with E-state index in [0.717, 1.165) is 0 Å². The fraction of sp³-hybridized carbons (Fsp3) is 0.438. The average Bonchev–Trinajstić information content (AvgIpc) is 2.62. The second-order valence-electron chi connectivity index (χ2n) is 5.45. The lowest BCUT2D eigenvalue weighted by atomic mass is 10.0.